The average molecular weight is 312 g/mol. The van der Waals surface area contributed by atoms with Crippen LogP contribution in [0.5, 0.6) is 5.75 Å². The minimum Gasteiger partial charge on any atom is -0.494 e. The predicted molar refractivity (Wildman–Crippen MR) is 83.7 cm³/mol. The normalized spacial score (nSPS) is 22.1. The first-order chi connectivity index (χ1) is 10.0. The molecular weight excluding hydrogens is 288 g/mol. The molecular formula is C15H24N2O3S. The lowest BCUT2D eigenvalue weighted by atomic mass is 9.95. The van der Waals surface area contributed by atoms with Gasteiger partial charge in [0.2, 0.25) is 0 Å². The van der Waals surface area contributed by atoms with E-state index in [1.165, 1.54) is 0 Å². The van der Waals surface area contributed by atoms with Crippen LogP contribution in [-0.4, -0.2) is 26.5 Å². The number of benzene rings is 1. The van der Waals surface area contributed by atoms with Crippen molar-refractivity contribution in [3.63, 3.8) is 0 Å². The first-order valence-corrected chi connectivity index (χ1v) is 9.25. The van der Waals surface area contributed by atoms with Gasteiger partial charge >= 0.3 is 0 Å². The van der Waals surface area contributed by atoms with Crippen molar-refractivity contribution in [2.75, 3.05) is 18.1 Å². The second-order valence-electron chi connectivity index (χ2n) is 5.64. The molecule has 5 nitrogen and oxygen atoms in total. The molecule has 1 aromatic carbocycles. The first kappa shape index (κ1) is 16.3. The molecule has 0 radical (unpaired) electrons. The van der Waals surface area contributed by atoms with Crippen LogP contribution in [0, 0.1) is 5.92 Å². The van der Waals surface area contributed by atoms with Gasteiger partial charge in [-0.1, -0.05) is 19.1 Å². The van der Waals surface area contributed by atoms with Gasteiger partial charge in [-0.25, -0.2) is 8.42 Å². The zero-order valence-corrected chi connectivity index (χ0v) is 13.2. The maximum Gasteiger partial charge on any atom is 0.150 e. The Morgan fingerprint density at radius 1 is 1.38 bits per heavy atom. The zero-order valence-electron chi connectivity index (χ0n) is 12.4. The highest BCUT2D eigenvalue weighted by molar-refractivity contribution is 7.91. The first-order valence-electron chi connectivity index (χ1n) is 7.43. The minimum absolute atomic E-state index is 0.0245. The third-order valence-corrected chi connectivity index (χ3v) is 5.69. The molecule has 6 heteroatoms. The molecule has 1 aliphatic rings. The Hall–Kier alpha value is -1.11. The standard InChI is InChI=1S/C15H24N2O3S/c1-2-8-20-14-5-3-13(4-6-14)15(17-16)10-12-7-9-21(18,19)11-12/h3-6,12,15,17H,2,7-11,16H2,1H3. The van der Waals surface area contributed by atoms with Crippen molar-refractivity contribution in [1.82, 2.24) is 5.43 Å². The lowest BCUT2D eigenvalue weighted by molar-refractivity contribution is 0.317. The molecule has 1 fully saturated rings. The van der Waals surface area contributed by atoms with E-state index in [0.29, 0.717) is 12.4 Å². The van der Waals surface area contributed by atoms with Crippen LogP contribution in [0.4, 0.5) is 0 Å². The van der Waals surface area contributed by atoms with Crippen molar-refractivity contribution >= 4 is 9.84 Å². The molecule has 2 atom stereocenters. The highest BCUT2D eigenvalue weighted by atomic mass is 32.2. The molecule has 0 aliphatic carbocycles. The molecule has 1 aromatic rings. The second-order valence-corrected chi connectivity index (χ2v) is 7.87. The van der Waals surface area contributed by atoms with E-state index in [4.69, 9.17) is 10.6 Å². The fraction of sp³-hybridized carbons (Fsp3) is 0.600. The van der Waals surface area contributed by atoms with Crippen molar-refractivity contribution in [2.24, 2.45) is 11.8 Å². The van der Waals surface area contributed by atoms with Gasteiger partial charge in [-0.2, -0.15) is 0 Å². The van der Waals surface area contributed by atoms with E-state index < -0.39 is 9.84 Å². The van der Waals surface area contributed by atoms with Crippen molar-refractivity contribution in [3.8, 4) is 5.75 Å². The van der Waals surface area contributed by atoms with Gasteiger partial charge in [0.25, 0.3) is 0 Å². The van der Waals surface area contributed by atoms with Crippen molar-refractivity contribution in [2.45, 2.75) is 32.2 Å². The van der Waals surface area contributed by atoms with Crippen molar-refractivity contribution in [1.29, 1.82) is 0 Å². The number of sulfone groups is 1. The molecule has 0 bridgehead atoms. The van der Waals surface area contributed by atoms with Gasteiger partial charge in [0.1, 0.15) is 5.75 Å². The van der Waals surface area contributed by atoms with Crippen LogP contribution >= 0.6 is 0 Å². The Bertz CT molecular complexity index is 543. The number of rotatable bonds is 7. The van der Waals surface area contributed by atoms with Crippen LogP contribution in [0.1, 0.15) is 37.8 Å². The summed E-state index contributed by atoms with van der Waals surface area (Å²) in [5.41, 5.74) is 3.86. The highest BCUT2D eigenvalue weighted by Crippen LogP contribution is 2.29. The molecule has 0 saturated carbocycles. The molecule has 0 aromatic heterocycles. The van der Waals surface area contributed by atoms with Gasteiger partial charge in [0, 0.05) is 6.04 Å². The Kier molecular flexibility index (Phi) is 5.61. The average Bonchev–Trinajstić information content (AvgIpc) is 2.82. The van der Waals surface area contributed by atoms with Gasteiger partial charge in [-0.15, -0.1) is 0 Å². The summed E-state index contributed by atoms with van der Waals surface area (Å²) >= 11 is 0. The lowest BCUT2D eigenvalue weighted by Gasteiger charge is -2.20. The van der Waals surface area contributed by atoms with Crippen LogP contribution in [0.3, 0.4) is 0 Å². The highest BCUT2D eigenvalue weighted by Gasteiger charge is 2.29. The van der Waals surface area contributed by atoms with Gasteiger partial charge in [-0.3, -0.25) is 11.3 Å². The quantitative estimate of drug-likeness (QED) is 0.593. The van der Waals surface area contributed by atoms with E-state index in [0.717, 1.165) is 30.6 Å². The summed E-state index contributed by atoms with van der Waals surface area (Å²) in [5, 5.41) is 0. The molecule has 1 saturated heterocycles. The predicted octanol–water partition coefficient (Wildman–Crippen LogP) is 1.80. The summed E-state index contributed by atoms with van der Waals surface area (Å²) in [6.45, 7) is 2.77. The number of nitrogens with one attached hydrogen (secondary N) is 1. The van der Waals surface area contributed by atoms with E-state index in [-0.39, 0.29) is 17.7 Å². The summed E-state index contributed by atoms with van der Waals surface area (Å²) in [4.78, 5) is 0. The van der Waals surface area contributed by atoms with E-state index in [1.807, 2.05) is 24.3 Å². The van der Waals surface area contributed by atoms with E-state index in [1.54, 1.807) is 0 Å². The fourth-order valence-corrected chi connectivity index (χ4v) is 4.59. The summed E-state index contributed by atoms with van der Waals surface area (Å²) in [6.07, 6.45) is 2.45. The zero-order chi connectivity index (χ0) is 15.3. The fourth-order valence-electron chi connectivity index (χ4n) is 2.71. The number of nitrogens with two attached hydrogens (primary N) is 1. The summed E-state index contributed by atoms with van der Waals surface area (Å²) in [5.74, 6) is 7.26. The summed E-state index contributed by atoms with van der Waals surface area (Å²) in [7, 11) is -2.84. The van der Waals surface area contributed by atoms with Gasteiger partial charge in [-0.05, 0) is 42.9 Å². The van der Waals surface area contributed by atoms with Crippen LogP contribution in [-0.2, 0) is 9.84 Å². The smallest absolute Gasteiger partial charge is 0.150 e. The van der Waals surface area contributed by atoms with E-state index in [9.17, 15) is 8.42 Å². The van der Waals surface area contributed by atoms with Gasteiger partial charge in [0.15, 0.2) is 9.84 Å². The van der Waals surface area contributed by atoms with Crippen LogP contribution < -0.4 is 16.0 Å². The molecule has 1 aliphatic heterocycles. The van der Waals surface area contributed by atoms with Crippen molar-refractivity contribution in [3.05, 3.63) is 29.8 Å². The molecule has 3 N–H and O–H groups in total. The molecule has 0 spiro atoms. The minimum atomic E-state index is -2.84. The van der Waals surface area contributed by atoms with Gasteiger partial charge < -0.3 is 4.74 Å². The van der Waals surface area contributed by atoms with Crippen molar-refractivity contribution < 1.29 is 13.2 Å². The molecule has 0 amide bonds. The third kappa shape index (κ3) is 4.69. The maximum atomic E-state index is 11.5. The van der Waals surface area contributed by atoms with Gasteiger partial charge in [0.05, 0.1) is 18.1 Å². The molecule has 2 unspecified atom stereocenters. The number of hydrogen-bond donors (Lipinski definition) is 2. The molecule has 118 valence electrons. The lowest BCUT2D eigenvalue weighted by Crippen LogP contribution is -2.30. The molecule has 1 heterocycles. The Morgan fingerprint density at radius 2 is 2.10 bits per heavy atom. The van der Waals surface area contributed by atoms with E-state index >= 15 is 0 Å². The molecule has 21 heavy (non-hydrogen) atoms. The van der Waals surface area contributed by atoms with Crippen LogP contribution in [0.2, 0.25) is 0 Å². The van der Waals surface area contributed by atoms with Crippen LogP contribution in [0.25, 0.3) is 0 Å². The topological polar surface area (TPSA) is 81.4 Å². The largest absolute Gasteiger partial charge is 0.494 e. The SMILES string of the molecule is CCCOc1ccc(C(CC2CCS(=O)(=O)C2)NN)cc1. The molecule has 2 rings (SSSR count). The monoisotopic (exact) mass is 312 g/mol. The Balaban J connectivity index is 1.97. The number of hydrogen-bond acceptors (Lipinski definition) is 5. The second kappa shape index (κ2) is 7.24. The Labute approximate surface area is 126 Å². The summed E-state index contributed by atoms with van der Waals surface area (Å²) < 4.78 is 28.6. The summed E-state index contributed by atoms with van der Waals surface area (Å²) in [6, 6.07) is 7.81. The number of ether oxygens (including phenoxy) is 1. The third-order valence-electron chi connectivity index (χ3n) is 3.85. The van der Waals surface area contributed by atoms with Crippen LogP contribution in [0.15, 0.2) is 24.3 Å². The number of hydrazine groups is 1. The maximum absolute atomic E-state index is 11.5. The Morgan fingerprint density at radius 3 is 2.62 bits per heavy atom. The van der Waals surface area contributed by atoms with E-state index in [2.05, 4.69) is 12.3 Å².